The van der Waals surface area contributed by atoms with E-state index in [1.165, 1.54) is 13.0 Å². The number of aromatic nitrogens is 4. The van der Waals surface area contributed by atoms with Crippen LogP contribution in [0.1, 0.15) is 44.2 Å². The summed E-state index contributed by atoms with van der Waals surface area (Å²) >= 11 is 1.56. The van der Waals surface area contributed by atoms with Crippen LogP contribution in [0.5, 0.6) is 5.88 Å². The number of carbonyl (C=O) groups is 1. The molecule has 0 saturated carbocycles. The Labute approximate surface area is 249 Å². The van der Waals surface area contributed by atoms with E-state index in [0.717, 1.165) is 51.0 Å². The number of imidazole rings is 1. The summed E-state index contributed by atoms with van der Waals surface area (Å²) in [6.45, 7) is 10.1. The summed E-state index contributed by atoms with van der Waals surface area (Å²) in [7, 11) is 2.23. The zero-order valence-corrected chi connectivity index (χ0v) is 25.4. The number of ether oxygens (including phenoxy) is 1. The molecule has 0 unspecified atom stereocenters. The summed E-state index contributed by atoms with van der Waals surface area (Å²) < 4.78 is 13.5. The van der Waals surface area contributed by atoms with Gasteiger partial charge >= 0.3 is 0 Å². The van der Waals surface area contributed by atoms with Crippen molar-refractivity contribution in [2.75, 3.05) is 33.3 Å². The smallest absolute Gasteiger partial charge is 0.214 e. The van der Waals surface area contributed by atoms with E-state index in [2.05, 4.69) is 53.2 Å². The molecule has 0 aliphatic carbocycles. The molecule has 1 aromatic carbocycles. The number of nitrogens with zero attached hydrogens (tertiary/aromatic N) is 6. The minimum Gasteiger partial charge on any atom is -0.476 e. The van der Waals surface area contributed by atoms with Crippen molar-refractivity contribution >= 4 is 32.4 Å². The summed E-state index contributed by atoms with van der Waals surface area (Å²) in [5.41, 5.74) is 4.44. The van der Waals surface area contributed by atoms with E-state index >= 15 is 0 Å². The first-order valence-corrected chi connectivity index (χ1v) is 15.4. The van der Waals surface area contributed by atoms with Crippen LogP contribution in [-0.4, -0.2) is 80.5 Å². The van der Waals surface area contributed by atoms with E-state index in [0.29, 0.717) is 36.7 Å². The SMILES string of the molecule is CN1C[C@@H]2C[C@H]1CN2CCOc1ccc2c(n1)sc1nc(-c3ccc(CC(=O)Cc4cc(C(C)(C)C)on4)cc3)cn12. The third-order valence-corrected chi connectivity index (χ3v) is 9.48. The van der Waals surface area contributed by atoms with E-state index < -0.39 is 0 Å². The van der Waals surface area contributed by atoms with Gasteiger partial charge < -0.3 is 14.2 Å². The first kappa shape index (κ1) is 27.2. The van der Waals surface area contributed by atoms with Gasteiger partial charge in [-0.25, -0.2) is 9.97 Å². The molecule has 2 aliphatic rings. The second-order valence-corrected chi connectivity index (χ2v) is 13.7. The van der Waals surface area contributed by atoms with Gasteiger partial charge in [-0.2, -0.15) is 0 Å². The topological polar surface area (TPSA) is 89.0 Å². The molecule has 0 radical (unpaired) electrons. The number of benzene rings is 1. The quantitative estimate of drug-likeness (QED) is 0.239. The van der Waals surface area contributed by atoms with Gasteiger partial charge in [0.1, 0.15) is 23.0 Å². The van der Waals surface area contributed by atoms with Gasteiger partial charge in [-0.1, -0.05) is 61.5 Å². The predicted molar refractivity (Wildman–Crippen MR) is 163 cm³/mol. The monoisotopic (exact) mass is 584 g/mol. The third-order valence-electron chi connectivity index (χ3n) is 8.52. The number of pyridine rings is 1. The van der Waals surface area contributed by atoms with E-state index in [1.54, 1.807) is 11.3 Å². The summed E-state index contributed by atoms with van der Waals surface area (Å²) in [5.74, 6) is 1.56. The highest BCUT2D eigenvalue weighted by molar-refractivity contribution is 7.23. The van der Waals surface area contributed by atoms with Crippen LogP contribution in [0.15, 0.2) is 53.2 Å². The van der Waals surface area contributed by atoms with Crippen molar-refractivity contribution < 1.29 is 14.1 Å². The first-order valence-electron chi connectivity index (χ1n) is 14.6. The van der Waals surface area contributed by atoms with Crippen LogP contribution in [0.2, 0.25) is 0 Å². The second-order valence-electron chi connectivity index (χ2n) is 12.7. The molecular formula is C32H36N6O3S. The predicted octanol–water partition coefficient (Wildman–Crippen LogP) is 5.02. The van der Waals surface area contributed by atoms with Crippen LogP contribution >= 0.6 is 11.3 Å². The van der Waals surface area contributed by atoms with Crippen LogP contribution in [0.3, 0.4) is 0 Å². The highest BCUT2D eigenvalue weighted by Crippen LogP contribution is 2.31. The van der Waals surface area contributed by atoms with E-state index in [1.807, 2.05) is 42.6 Å². The van der Waals surface area contributed by atoms with Crippen LogP contribution in [0, 0.1) is 0 Å². The van der Waals surface area contributed by atoms with Crippen molar-refractivity contribution in [1.82, 2.24) is 29.3 Å². The van der Waals surface area contributed by atoms with Crippen molar-refractivity contribution in [3.8, 4) is 17.1 Å². The molecule has 218 valence electrons. The van der Waals surface area contributed by atoms with Crippen molar-refractivity contribution in [3.63, 3.8) is 0 Å². The number of hydrogen-bond acceptors (Lipinski definition) is 9. The molecule has 9 nitrogen and oxygen atoms in total. The van der Waals surface area contributed by atoms with Crippen LogP contribution in [0.25, 0.3) is 26.6 Å². The summed E-state index contributed by atoms with van der Waals surface area (Å²) in [5, 5.41) is 4.08. The number of hydrogen-bond donors (Lipinski definition) is 0. The number of ketones is 1. The molecule has 0 N–H and O–H groups in total. The maximum absolute atomic E-state index is 12.7. The Kier molecular flexibility index (Phi) is 6.87. The fourth-order valence-corrected chi connectivity index (χ4v) is 7.09. The van der Waals surface area contributed by atoms with Gasteiger partial charge in [-0.05, 0) is 25.1 Å². The fraction of sp³-hybridized carbons (Fsp3) is 0.438. The highest BCUT2D eigenvalue weighted by Gasteiger charge is 2.40. The molecule has 4 aromatic heterocycles. The largest absolute Gasteiger partial charge is 0.476 e. The van der Waals surface area contributed by atoms with Crippen molar-refractivity contribution in [1.29, 1.82) is 0 Å². The molecule has 2 saturated heterocycles. The molecule has 10 heteroatoms. The van der Waals surface area contributed by atoms with Crippen molar-refractivity contribution in [3.05, 3.63) is 65.7 Å². The van der Waals surface area contributed by atoms with Crippen molar-refractivity contribution in [2.24, 2.45) is 0 Å². The maximum atomic E-state index is 12.7. The molecule has 5 aromatic rings. The zero-order valence-electron chi connectivity index (χ0n) is 24.5. The van der Waals surface area contributed by atoms with Crippen LogP contribution in [0.4, 0.5) is 0 Å². The Bertz CT molecular complexity index is 1750. The molecule has 2 aliphatic heterocycles. The molecule has 2 bridgehead atoms. The van der Waals surface area contributed by atoms with Gasteiger partial charge in [0.2, 0.25) is 5.88 Å². The van der Waals surface area contributed by atoms with Gasteiger partial charge in [0.05, 0.1) is 23.3 Å². The number of likely N-dealkylation sites (N-methyl/N-ethyl adjacent to an activating group) is 1. The molecule has 42 heavy (non-hydrogen) atoms. The molecule has 0 amide bonds. The number of thiazole rings is 1. The number of rotatable bonds is 9. The Morgan fingerprint density at radius 3 is 2.62 bits per heavy atom. The number of likely N-dealkylation sites (tertiary alicyclic amines) is 2. The zero-order chi connectivity index (χ0) is 29.0. The van der Waals surface area contributed by atoms with Gasteiger partial charge in [0, 0.05) is 67.4 Å². The standard InChI is InChI=1S/C32H36N6O3S/c1-32(2,3)28-15-22(35-41-28)14-25(39)13-20-5-7-21(8-6-20)26-19-38-27-9-10-29(34-30(27)42-31(38)33-26)40-12-11-37-18-23-16-24(37)17-36(23)4/h5-10,15,19,23-24H,11-14,16-18H2,1-4H3/t23-,24-/m0/s1. The average Bonchev–Trinajstić information content (AvgIpc) is 3.76. The molecule has 2 fully saturated rings. The molecule has 6 heterocycles. The fourth-order valence-electron chi connectivity index (χ4n) is 6.11. The van der Waals surface area contributed by atoms with Crippen LogP contribution < -0.4 is 4.74 Å². The molecular weight excluding hydrogens is 548 g/mol. The van der Waals surface area contributed by atoms with Gasteiger partial charge in [0.15, 0.2) is 4.96 Å². The Balaban J connectivity index is 0.969. The lowest BCUT2D eigenvalue weighted by Crippen LogP contribution is -2.45. The van der Waals surface area contributed by atoms with E-state index in [9.17, 15) is 4.79 Å². The normalized spacial score (nSPS) is 19.4. The number of carbonyl (C=O) groups excluding carboxylic acids is 1. The first-order chi connectivity index (χ1) is 20.2. The lowest BCUT2D eigenvalue weighted by molar-refractivity contribution is -0.117. The van der Waals surface area contributed by atoms with Gasteiger partial charge in [-0.3, -0.25) is 14.1 Å². The van der Waals surface area contributed by atoms with Crippen molar-refractivity contribution in [2.45, 2.75) is 57.5 Å². The van der Waals surface area contributed by atoms with Crippen LogP contribution in [-0.2, 0) is 23.1 Å². The van der Waals surface area contributed by atoms with Gasteiger partial charge in [0.25, 0.3) is 0 Å². The maximum Gasteiger partial charge on any atom is 0.214 e. The lowest BCUT2D eigenvalue weighted by Gasteiger charge is -2.31. The van der Waals surface area contributed by atoms with Gasteiger partial charge in [-0.15, -0.1) is 0 Å². The molecule has 7 rings (SSSR count). The third kappa shape index (κ3) is 5.34. The summed E-state index contributed by atoms with van der Waals surface area (Å²) in [6.07, 6.45) is 3.95. The minimum absolute atomic E-state index is 0.109. The summed E-state index contributed by atoms with van der Waals surface area (Å²) in [6, 6.07) is 15.3. The molecule has 0 spiro atoms. The number of piperazine rings is 1. The van der Waals surface area contributed by atoms with E-state index in [4.69, 9.17) is 19.2 Å². The lowest BCUT2D eigenvalue weighted by atomic mass is 9.93. The summed E-state index contributed by atoms with van der Waals surface area (Å²) in [4.78, 5) is 29.1. The number of fused-ring (bicyclic) bond motifs is 5. The highest BCUT2D eigenvalue weighted by atomic mass is 32.1. The Morgan fingerprint density at radius 2 is 1.90 bits per heavy atom. The number of Topliss-reactive ketones (excluding diaryl/α,β-unsaturated/α-hetero) is 1. The van der Waals surface area contributed by atoms with E-state index in [-0.39, 0.29) is 17.6 Å². The molecule has 2 atom stereocenters. The second kappa shape index (κ2) is 10.6. The Hall–Kier alpha value is -3.60. The minimum atomic E-state index is -0.128. The average molecular weight is 585 g/mol. The Morgan fingerprint density at radius 1 is 1.07 bits per heavy atom.